The number of rotatable bonds is 4. The fourth-order valence-electron chi connectivity index (χ4n) is 8.76. The lowest BCUT2D eigenvalue weighted by molar-refractivity contribution is -0.157. The summed E-state index contributed by atoms with van der Waals surface area (Å²) in [5.74, 6) is 2.93. The average Bonchev–Trinajstić information content (AvgIpc) is 3.04. The van der Waals surface area contributed by atoms with Crippen LogP contribution in [-0.4, -0.2) is 35.3 Å². The van der Waals surface area contributed by atoms with Crippen LogP contribution in [0.5, 0.6) is 0 Å². The highest BCUT2D eigenvalue weighted by atomic mass is 19.1. The molecule has 0 amide bonds. The zero-order valence-corrected chi connectivity index (χ0v) is 18.0. The van der Waals surface area contributed by atoms with E-state index in [2.05, 4.69) is 13.8 Å². The van der Waals surface area contributed by atoms with Gasteiger partial charge in [-0.3, -0.25) is 0 Å². The molecule has 0 aromatic rings. The maximum absolute atomic E-state index is 13.4. The van der Waals surface area contributed by atoms with Crippen molar-refractivity contribution in [2.75, 3.05) is 13.3 Å². The maximum Gasteiger partial charge on any atom is 0.118 e. The molecule has 2 N–H and O–H groups in total. The Morgan fingerprint density at radius 1 is 0.929 bits per heavy atom. The highest BCUT2D eigenvalue weighted by Gasteiger charge is 2.61. The topological polar surface area (TPSA) is 40.5 Å². The molecule has 4 rings (SSSR count). The first-order valence-corrected chi connectivity index (χ1v) is 11.7. The molecule has 10 atom stereocenters. The molecule has 4 aliphatic rings. The minimum absolute atomic E-state index is 0.0257. The Morgan fingerprint density at radius 2 is 1.64 bits per heavy atom. The Balaban J connectivity index is 1.55. The van der Waals surface area contributed by atoms with Gasteiger partial charge in [0.2, 0.25) is 0 Å². The monoisotopic (exact) mass is 398 g/mol. The van der Waals surface area contributed by atoms with E-state index in [9.17, 15) is 19.0 Å². The second kappa shape index (κ2) is 7.18. The normalized spacial score (nSPS) is 53.0. The summed E-state index contributed by atoms with van der Waals surface area (Å²) in [5, 5.41) is 20.7. The molecule has 0 aliphatic heterocycles. The van der Waals surface area contributed by atoms with Crippen LogP contribution in [0.4, 0.5) is 8.78 Å². The van der Waals surface area contributed by atoms with Gasteiger partial charge in [-0.25, -0.2) is 8.78 Å². The summed E-state index contributed by atoms with van der Waals surface area (Å²) >= 11 is 0. The molecule has 2 nitrogen and oxygen atoms in total. The van der Waals surface area contributed by atoms with Gasteiger partial charge >= 0.3 is 0 Å². The van der Waals surface area contributed by atoms with Crippen LogP contribution in [0, 0.1) is 46.3 Å². The van der Waals surface area contributed by atoms with E-state index in [4.69, 9.17) is 0 Å². The fraction of sp³-hybridized carbons (Fsp3) is 1.00. The molecule has 0 spiro atoms. The summed E-state index contributed by atoms with van der Waals surface area (Å²) in [5.41, 5.74) is -0.640. The van der Waals surface area contributed by atoms with Crippen LogP contribution in [0.15, 0.2) is 0 Å². The van der Waals surface area contributed by atoms with Gasteiger partial charge in [0, 0.05) is 0 Å². The van der Waals surface area contributed by atoms with Crippen LogP contribution in [0.2, 0.25) is 0 Å². The van der Waals surface area contributed by atoms with Crippen LogP contribution in [0.3, 0.4) is 0 Å². The van der Waals surface area contributed by atoms with Crippen molar-refractivity contribution in [2.24, 2.45) is 46.3 Å². The Bertz CT molecular complexity index is 585. The predicted octanol–water partition coefficient (Wildman–Crippen LogP) is 5.31. The quantitative estimate of drug-likeness (QED) is 0.673. The molecule has 4 aliphatic carbocycles. The maximum atomic E-state index is 13.4. The summed E-state index contributed by atoms with van der Waals surface area (Å²) in [6.07, 6.45) is 8.35. The average molecular weight is 399 g/mol. The van der Waals surface area contributed by atoms with E-state index in [-0.39, 0.29) is 16.7 Å². The number of aliphatic hydroxyl groups excluding tert-OH is 1. The van der Waals surface area contributed by atoms with Gasteiger partial charge < -0.3 is 10.2 Å². The Kier molecular flexibility index (Phi) is 5.39. The molecule has 0 heterocycles. The molecule has 4 fully saturated rings. The van der Waals surface area contributed by atoms with Gasteiger partial charge in [-0.1, -0.05) is 20.8 Å². The first-order chi connectivity index (χ1) is 13.2. The van der Waals surface area contributed by atoms with E-state index in [0.29, 0.717) is 42.4 Å². The van der Waals surface area contributed by atoms with Crippen LogP contribution < -0.4 is 0 Å². The van der Waals surface area contributed by atoms with Crippen molar-refractivity contribution in [1.82, 2.24) is 0 Å². The molecule has 0 aromatic heterocycles. The van der Waals surface area contributed by atoms with Crippen molar-refractivity contribution in [1.29, 1.82) is 0 Å². The number of hydrogen-bond acceptors (Lipinski definition) is 2. The molecule has 0 aromatic carbocycles. The second-order valence-electron chi connectivity index (χ2n) is 11.5. The summed E-state index contributed by atoms with van der Waals surface area (Å²) in [7, 11) is 0. The van der Waals surface area contributed by atoms with E-state index in [1.165, 1.54) is 25.7 Å². The van der Waals surface area contributed by atoms with Crippen LogP contribution in [0.25, 0.3) is 0 Å². The third-order valence-corrected chi connectivity index (χ3v) is 10.5. The molecule has 4 heteroatoms. The Morgan fingerprint density at radius 3 is 2.32 bits per heavy atom. The molecular weight excluding hydrogens is 358 g/mol. The third kappa shape index (κ3) is 2.99. The number of hydrogen-bond donors (Lipinski definition) is 2. The molecule has 4 saturated carbocycles. The van der Waals surface area contributed by atoms with Crippen LogP contribution in [-0.2, 0) is 0 Å². The van der Waals surface area contributed by atoms with Crippen molar-refractivity contribution in [3.63, 3.8) is 0 Å². The van der Waals surface area contributed by atoms with E-state index in [0.717, 1.165) is 19.3 Å². The van der Waals surface area contributed by atoms with Crippen molar-refractivity contribution in [3.8, 4) is 0 Å². The first-order valence-electron chi connectivity index (χ1n) is 11.7. The van der Waals surface area contributed by atoms with Gasteiger partial charge in [0.15, 0.2) is 0 Å². The minimum Gasteiger partial charge on any atom is -0.390 e. The molecular formula is C24H40F2O2. The van der Waals surface area contributed by atoms with Gasteiger partial charge in [0.25, 0.3) is 0 Å². The third-order valence-electron chi connectivity index (χ3n) is 10.5. The SMILES string of the molecule is C[C@H]([C@H](O)CF)[C@H]1CC[C@H]2[C@@H]3CC[C@@H]4C[C@@](O)(CF)CC[C@]4(C)[C@H]3CC[C@]12C. The lowest BCUT2D eigenvalue weighted by atomic mass is 9.43. The number of alkyl halides is 2. The summed E-state index contributed by atoms with van der Waals surface area (Å²) < 4.78 is 26.6. The summed E-state index contributed by atoms with van der Waals surface area (Å²) in [4.78, 5) is 0. The highest BCUT2D eigenvalue weighted by Crippen LogP contribution is 2.68. The fourth-order valence-corrected chi connectivity index (χ4v) is 8.76. The Labute approximate surface area is 169 Å². The van der Waals surface area contributed by atoms with Crippen molar-refractivity contribution in [3.05, 3.63) is 0 Å². The molecule has 0 bridgehead atoms. The van der Waals surface area contributed by atoms with Gasteiger partial charge in [0.1, 0.15) is 13.3 Å². The van der Waals surface area contributed by atoms with Gasteiger partial charge in [-0.05, 0) is 104 Å². The van der Waals surface area contributed by atoms with Crippen LogP contribution >= 0.6 is 0 Å². The van der Waals surface area contributed by atoms with E-state index in [1.807, 2.05) is 6.92 Å². The minimum atomic E-state index is -1.09. The van der Waals surface area contributed by atoms with E-state index >= 15 is 0 Å². The standard InChI is InChI=1S/C24H40F2O2/c1-15(21(27)13-25)18-6-7-19-17-5-4-16-12-24(28,14-26)11-10-22(16,2)20(17)8-9-23(18,19)3/h15-21,27-28H,4-14H2,1-3H3/t15-,16+,17-,18+,19-,20-,21+,22-,23+,24+/m0/s1. The van der Waals surface area contributed by atoms with Crippen LogP contribution in [0.1, 0.15) is 78.6 Å². The number of aliphatic hydroxyl groups is 2. The zero-order valence-electron chi connectivity index (χ0n) is 18.0. The lowest BCUT2D eigenvalue weighted by Crippen LogP contribution is -2.56. The van der Waals surface area contributed by atoms with Gasteiger partial charge in [-0.2, -0.15) is 0 Å². The highest BCUT2D eigenvalue weighted by molar-refractivity contribution is 5.11. The van der Waals surface area contributed by atoms with E-state index in [1.54, 1.807) is 0 Å². The summed E-state index contributed by atoms with van der Waals surface area (Å²) in [6.45, 7) is 5.65. The zero-order chi connectivity index (χ0) is 20.3. The number of fused-ring (bicyclic) bond motifs is 5. The number of halogens is 2. The smallest absolute Gasteiger partial charge is 0.118 e. The first kappa shape index (κ1) is 21.0. The largest absolute Gasteiger partial charge is 0.390 e. The Hall–Kier alpha value is -0.220. The van der Waals surface area contributed by atoms with Gasteiger partial charge in [0.05, 0.1) is 11.7 Å². The molecule has 0 radical (unpaired) electrons. The summed E-state index contributed by atoms with van der Waals surface area (Å²) in [6, 6.07) is 0. The lowest BCUT2D eigenvalue weighted by Gasteiger charge is -2.62. The van der Waals surface area contributed by atoms with Crippen molar-refractivity contribution >= 4 is 0 Å². The molecule has 162 valence electrons. The van der Waals surface area contributed by atoms with Crippen molar-refractivity contribution in [2.45, 2.75) is 90.3 Å². The van der Waals surface area contributed by atoms with Gasteiger partial charge in [-0.15, -0.1) is 0 Å². The van der Waals surface area contributed by atoms with Crippen molar-refractivity contribution < 1.29 is 19.0 Å². The van der Waals surface area contributed by atoms with E-state index < -0.39 is 25.1 Å². The predicted molar refractivity (Wildman–Crippen MR) is 107 cm³/mol. The second-order valence-corrected chi connectivity index (χ2v) is 11.5. The molecule has 28 heavy (non-hydrogen) atoms. The molecule has 0 unspecified atom stereocenters. The molecule has 0 saturated heterocycles.